The van der Waals surface area contributed by atoms with Gasteiger partial charge in [-0.2, -0.15) is 16.7 Å². The van der Waals surface area contributed by atoms with Gasteiger partial charge in [-0.25, -0.2) is 0 Å². The first-order valence-electron chi connectivity index (χ1n) is 5.46. The standard InChI is InChI=1S/C11H21N3OS/c1-11(2,3)6-8(12)5-10-13-9(7-16-4)14-15-10/h8H,5-7,12H2,1-4H3. The Morgan fingerprint density at radius 2 is 2.12 bits per heavy atom. The Balaban J connectivity index is 2.46. The number of nitrogens with two attached hydrogens (primary N) is 1. The molecule has 1 aromatic rings. The maximum absolute atomic E-state index is 6.04. The second kappa shape index (κ2) is 5.68. The summed E-state index contributed by atoms with van der Waals surface area (Å²) in [6.45, 7) is 6.54. The van der Waals surface area contributed by atoms with Crippen LogP contribution in [0.15, 0.2) is 4.52 Å². The van der Waals surface area contributed by atoms with Gasteiger partial charge >= 0.3 is 0 Å². The number of thioether (sulfide) groups is 1. The molecule has 0 radical (unpaired) electrons. The molecule has 0 saturated heterocycles. The topological polar surface area (TPSA) is 64.9 Å². The van der Waals surface area contributed by atoms with Crippen LogP contribution in [0.4, 0.5) is 0 Å². The Morgan fingerprint density at radius 1 is 1.44 bits per heavy atom. The van der Waals surface area contributed by atoms with E-state index in [0.717, 1.165) is 18.0 Å². The molecule has 4 nitrogen and oxygen atoms in total. The highest BCUT2D eigenvalue weighted by Gasteiger charge is 2.18. The molecule has 0 fully saturated rings. The molecule has 0 saturated carbocycles. The Bertz CT molecular complexity index is 319. The van der Waals surface area contributed by atoms with Crippen molar-refractivity contribution in [1.29, 1.82) is 0 Å². The lowest BCUT2D eigenvalue weighted by atomic mass is 9.87. The van der Waals surface area contributed by atoms with Crippen LogP contribution in [0.25, 0.3) is 0 Å². The van der Waals surface area contributed by atoms with E-state index in [1.54, 1.807) is 11.8 Å². The molecule has 1 aromatic heterocycles. The Kier molecular flexibility index (Phi) is 4.80. The molecule has 92 valence electrons. The molecule has 1 heterocycles. The maximum atomic E-state index is 6.04. The van der Waals surface area contributed by atoms with Gasteiger partial charge in [0.25, 0.3) is 0 Å². The summed E-state index contributed by atoms with van der Waals surface area (Å²) in [5.74, 6) is 2.20. The monoisotopic (exact) mass is 243 g/mol. The Labute approximate surface area is 101 Å². The van der Waals surface area contributed by atoms with Crippen LogP contribution in [0, 0.1) is 5.41 Å². The van der Waals surface area contributed by atoms with Crippen molar-refractivity contribution in [2.75, 3.05) is 6.26 Å². The van der Waals surface area contributed by atoms with E-state index in [9.17, 15) is 0 Å². The molecule has 0 aliphatic rings. The molecule has 1 rings (SSSR count). The fourth-order valence-corrected chi connectivity index (χ4v) is 2.02. The van der Waals surface area contributed by atoms with Crippen molar-refractivity contribution in [3.05, 3.63) is 11.7 Å². The predicted molar refractivity (Wildman–Crippen MR) is 67.3 cm³/mol. The summed E-state index contributed by atoms with van der Waals surface area (Å²) in [7, 11) is 0. The summed E-state index contributed by atoms with van der Waals surface area (Å²) in [6, 6.07) is 0.0857. The summed E-state index contributed by atoms with van der Waals surface area (Å²) < 4.78 is 5.15. The van der Waals surface area contributed by atoms with Crippen LogP contribution in [-0.2, 0) is 12.2 Å². The number of hydrogen-bond acceptors (Lipinski definition) is 5. The average molecular weight is 243 g/mol. The van der Waals surface area contributed by atoms with E-state index >= 15 is 0 Å². The summed E-state index contributed by atoms with van der Waals surface area (Å²) in [4.78, 5) is 4.29. The zero-order valence-corrected chi connectivity index (χ0v) is 11.3. The van der Waals surface area contributed by atoms with Crippen molar-refractivity contribution in [3.63, 3.8) is 0 Å². The van der Waals surface area contributed by atoms with Crippen molar-refractivity contribution in [2.45, 2.75) is 45.4 Å². The first kappa shape index (κ1) is 13.5. The highest BCUT2D eigenvalue weighted by molar-refractivity contribution is 7.97. The van der Waals surface area contributed by atoms with Gasteiger partial charge in [-0.3, -0.25) is 0 Å². The van der Waals surface area contributed by atoms with Gasteiger partial charge in [0.15, 0.2) is 5.82 Å². The summed E-state index contributed by atoms with van der Waals surface area (Å²) >= 11 is 1.68. The molecule has 5 heteroatoms. The Hall–Kier alpha value is -0.550. The first-order valence-corrected chi connectivity index (χ1v) is 6.86. The Morgan fingerprint density at radius 3 is 2.69 bits per heavy atom. The molecule has 0 spiro atoms. The number of rotatable bonds is 5. The van der Waals surface area contributed by atoms with Gasteiger partial charge in [0, 0.05) is 12.5 Å². The summed E-state index contributed by atoms with van der Waals surface area (Å²) in [5.41, 5.74) is 6.28. The molecule has 0 bridgehead atoms. The van der Waals surface area contributed by atoms with Crippen LogP contribution in [0.2, 0.25) is 0 Å². The summed E-state index contributed by atoms with van der Waals surface area (Å²) in [5, 5.41) is 3.89. The highest BCUT2D eigenvalue weighted by Crippen LogP contribution is 2.21. The lowest BCUT2D eigenvalue weighted by Crippen LogP contribution is -2.28. The normalized spacial score (nSPS) is 14.1. The van der Waals surface area contributed by atoms with E-state index < -0.39 is 0 Å². The molecule has 1 atom stereocenters. The number of hydrogen-bond donors (Lipinski definition) is 1. The van der Waals surface area contributed by atoms with Crippen molar-refractivity contribution in [1.82, 2.24) is 10.1 Å². The molecular weight excluding hydrogens is 222 g/mol. The minimum absolute atomic E-state index is 0.0857. The van der Waals surface area contributed by atoms with Gasteiger partial charge in [0.2, 0.25) is 5.89 Å². The quantitative estimate of drug-likeness (QED) is 0.859. The van der Waals surface area contributed by atoms with Gasteiger partial charge in [-0.1, -0.05) is 25.9 Å². The molecular formula is C11H21N3OS. The largest absolute Gasteiger partial charge is 0.339 e. The molecule has 0 aliphatic carbocycles. The minimum Gasteiger partial charge on any atom is -0.339 e. The minimum atomic E-state index is 0.0857. The molecule has 0 aliphatic heterocycles. The van der Waals surface area contributed by atoms with Crippen molar-refractivity contribution < 1.29 is 4.52 Å². The van der Waals surface area contributed by atoms with Crippen molar-refractivity contribution in [2.24, 2.45) is 11.1 Å². The van der Waals surface area contributed by atoms with Crippen LogP contribution in [0.1, 0.15) is 38.9 Å². The second-order valence-electron chi connectivity index (χ2n) is 5.27. The lowest BCUT2D eigenvalue weighted by molar-refractivity contribution is 0.312. The third kappa shape index (κ3) is 4.99. The highest BCUT2D eigenvalue weighted by atomic mass is 32.2. The smallest absolute Gasteiger partial charge is 0.228 e. The molecule has 0 aromatic carbocycles. The lowest BCUT2D eigenvalue weighted by Gasteiger charge is -2.21. The van der Waals surface area contributed by atoms with Gasteiger partial charge < -0.3 is 10.3 Å². The molecule has 16 heavy (non-hydrogen) atoms. The van der Waals surface area contributed by atoms with Crippen LogP contribution >= 0.6 is 11.8 Å². The first-order chi connectivity index (χ1) is 7.40. The van der Waals surface area contributed by atoms with Gasteiger partial charge in [-0.05, 0) is 18.1 Å². The van der Waals surface area contributed by atoms with Crippen molar-refractivity contribution >= 4 is 11.8 Å². The van der Waals surface area contributed by atoms with Crippen LogP contribution in [-0.4, -0.2) is 22.4 Å². The van der Waals surface area contributed by atoms with Crippen LogP contribution in [0.5, 0.6) is 0 Å². The third-order valence-electron chi connectivity index (χ3n) is 2.09. The van der Waals surface area contributed by atoms with E-state index in [0.29, 0.717) is 12.3 Å². The van der Waals surface area contributed by atoms with Crippen LogP contribution < -0.4 is 5.73 Å². The molecule has 2 N–H and O–H groups in total. The zero-order valence-electron chi connectivity index (χ0n) is 10.5. The fraction of sp³-hybridized carbons (Fsp3) is 0.818. The van der Waals surface area contributed by atoms with Gasteiger partial charge in [0.05, 0.1) is 5.75 Å². The fourth-order valence-electron chi connectivity index (χ4n) is 1.64. The second-order valence-corrected chi connectivity index (χ2v) is 6.13. The van der Waals surface area contributed by atoms with Gasteiger partial charge in [0.1, 0.15) is 0 Å². The predicted octanol–water partition coefficient (Wildman–Crippen LogP) is 2.24. The number of nitrogens with zero attached hydrogens (tertiary/aromatic N) is 2. The average Bonchev–Trinajstić information content (AvgIpc) is 2.49. The van der Waals surface area contributed by atoms with E-state index in [2.05, 4.69) is 30.9 Å². The zero-order chi connectivity index (χ0) is 12.2. The third-order valence-corrected chi connectivity index (χ3v) is 2.64. The molecule has 0 amide bonds. The molecule has 1 unspecified atom stereocenters. The van der Waals surface area contributed by atoms with E-state index in [4.69, 9.17) is 10.3 Å². The summed E-state index contributed by atoms with van der Waals surface area (Å²) in [6.07, 6.45) is 3.63. The van der Waals surface area contributed by atoms with E-state index in [1.165, 1.54) is 0 Å². The SMILES string of the molecule is CSCc1noc(CC(N)CC(C)(C)C)n1. The van der Waals surface area contributed by atoms with Crippen molar-refractivity contribution in [3.8, 4) is 0 Å². The maximum Gasteiger partial charge on any atom is 0.228 e. The van der Waals surface area contributed by atoms with E-state index in [1.807, 2.05) is 6.26 Å². The van der Waals surface area contributed by atoms with Crippen LogP contribution in [0.3, 0.4) is 0 Å². The number of aromatic nitrogens is 2. The van der Waals surface area contributed by atoms with E-state index in [-0.39, 0.29) is 11.5 Å². The van der Waals surface area contributed by atoms with Gasteiger partial charge in [-0.15, -0.1) is 0 Å².